The standard InChI is InChI=1S/C31H26Cl2N4O/c32-23-15-16-26-28(21-23)35-30(25-13-7-8-14-27(25)33)36-31(26)37(19-17-22-9-3-1-4-10-22)20-18-29(38)34-24-11-5-2-6-12-24/h1-16,21H,17-20H2,(H,34,38). The Balaban J connectivity index is 1.51. The molecule has 190 valence electrons. The normalized spacial score (nSPS) is 10.9. The van der Waals surface area contributed by atoms with Gasteiger partial charge in [0.05, 0.1) is 10.5 Å². The van der Waals surface area contributed by atoms with Crippen LogP contribution in [0.25, 0.3) is 22.3 Å². The van der Waals surface area contributed by atoms with Crippen LogP contribution in [-0.2, 0) is 11.2 Å². The average Bonchev–Trinajstić information content (AvgIpc) is 2.94. The molecule has 1 N–H and O–H groups in total. The largest absolute Gasteiger partial charge is 0.355 e. The monoisotopic (exact) mass is 540 g/mol. The highest BCUT2D eigenvalue weighted by molar-refractivity contribution is 6.33. The van der Waals surface area contributed by atoms with E-state index in [1.54, 1.807) is 0 Å². The molecule has 0 aliphatic carbocycles. The third kappa shape index (κ3) is 6.31. The number of hydrogen-bond donors (Lipinski definition) is 1. The summed E-state index contributed by atoms with van der Waals surface area (Å²) in [4.78, 5) is 24.8. The SMILES string of the molecule is O=C(CCN(CCc1ccccc1)c1nc(-c2ccccc2Cl)nc2cc(Cl)ccc12)Nc1ccccc1. The van der Waals surface area contributed by atoms with Crippen LogP contribution in [0.5, 0.6) is 0 Å². The van der Waals surface area contributed by atoms with Crippen LogP contribution in [0.1, 0.15) is 12.0 Å². The van der Waals surface area contributed by atoms with Crippen molar-refractivity contribution in [2.24, 2.45) is 0 Å². The van der Waals surface area contributed by atoms with E-state index in [-0.39, 0.29) is 5.91 Å². The highest BCUT2D eigenvalue weighted by Gasteiger charge is 2.18. The Morgan fingerprint density at radius 1 is 0.789 bits per heavy atom. The summed E-state index contributed by atoms with van der Waals surface area (Å²) in [6.45, 7) is 1.14. The molecule has 0 bridgehead atoms. The first-order valence-corrected chi connectivity index (χ1v) is 13.2. The number of anilines is 2. The van der Waals surface area contributed by atoms with Gasteiger partial charge in [0.2, 0.25) is 5.91 Å². The van der Waals surface area contributed by atoms with Crippen LogP contribution < -0.4 is 10.2 Å². The molecule has 1 heterocycles. The van der Waals surface area contributed by atoms with Gasteiger partial charge in [-0.15, -0.1) is 0 Å². The number of carbonyl (C=O) groups is 1. The molecule has 0 atom stereocenters. The number of carbonyl (C=O) groups excluding carboxylic acids is 1. The smallest absolute Gasteiger partial charge is 0.226 e. The Morgan fingerprint density at radius 2 is 1.50 bits per heavy atom. The van der Waals surface area contributed by atoms with Crippen LogP contribution in [0.4, 0.5) is 11.5 Å². The van der Waals surface area contributed by atoms with E-state index < -0.39 is 0 Å². The fourth-order valence-electron chi connectivity index (χ4n) is 4.30. The number of rotatable bonds is 9. The molecule has 0 unspecified atom stereocenters. The zero-order valence-electron chi connectivity index (χ0n) is 20.6. The summed E-state index contributed by atoms with van der Waals surface area (Å²) >= 11 is 12.9. The zero-order chi connectivity index (χ0) is 26.3. The van der Waals surface area contributed by atoms with Gasteiger partial charge in [-0.1, -0.05) is 83.9 Å². The van der Waals surface area contributed by atoms with E-state index in [4.69, 9.17) is 33.2 Å². The van der Waals surface area contributed by atoms with Crippen molar-refractivity contribution in [2.75, 3.05) is 23.3 Å². The Bertz CT molecular complexity index is 1540. The third-order valence-electron chi connectivity index (χ3n) is 6.23. The summed E-state index contributed by atoms with van der Waals surface area (Å²) in [7, 11) is 0. The van der Waals surface area contributed by atoms with Crippen molar-refractivity contribution in [3.8, 4) is 11.4 Å². The molecule has 0 saturated heterocycles. The summed E-state index contributed by atoms with van der Waals surface area (Å²) in [6.07, 6.45) is 1.09. The number of para-hydroxylation sites is 1. The van der Waals surface area contributed by atoms with E-state index in [9.17, 15) is 4.79 Å². The topological polar surface area (TPSA) is 58.1 Å². The lowest BCUT2D eigenvalue weighted by molar-refractivity contribution is -0.116. The Kier molecular flexibility index (Phi) is 8.17. The van der Waals surface area contributed by atoms with E-state index in [0.717, 1.165) is 34.4 Å². The van der Waals surface area contributed by atoms with Gasteiger partial charge in [0.1, 0.15) is 5.82 Å². The van der Waals surface area contributed by atoms with Gasteiger partial charge in [-0.05, 0) is 54.4 Å². The van der Waals surface area contributed by atoms with Crippen molar-refractivity contribution < 1.29 is 4.79 Å². The molecular formula is C31H26Cl2N4O. The van der Waals surface area contributed by atoms with Gasteiger partial charge in [0.25, 0.3) is 0 Å². The predicted molar refractivity (Wildman–Crippen MR) is 157 cm³/mol. The molecular weight excluding hydrogens is 515 g/mol. The number of nitrogens with one attached hydrogen (secondary N) is 1. The highest BCUT2D eigenvalue weighted by Crippen LogP contribution is 2.32. The van der Waals surface area contributed by atoms with Crippen LogP contribution >= 0.6 is 23.2 Å². The van der Waals surface area contributed by atoms with Crippen molar-refractivity contribution in [2.45, 2.75) is 12.8 Å². The van der Waals surface area contributed by atoms with Gasteiger partial charge in [-0.25, -0.2) is 9.97 Å². The molecule has 0 aliphatic heterocycles. The predicted octanol–water partition coefficient (Wildman–Crippen LogP) is 7.68. The van der Waals surface area contributed by atoms with Gasteiger partial charge in [-0.2, -0.15) is 0 Å². The molecule has 7 heteroatoms. The molecule has 1 amide bonds. The molecule has 0 spiro atoms. The van der Waals surface area contributed by atoms with E-state index in [0.29, 0.717) is 35.4 Å². The fraction of sp³-hybridized carbons (Fsp3) is 0.129. The second-order valence-corrected chi connectivity index (χ2v) is 9.74. The van der Waals surface area contributed by atoms with Crippen molar-refractivity contribution in [3.05, 3.63) is 119 Å². The second kappa shape index (κ2) is 12.1. The molecule has 0 aliphatic rings. The highest BCUT2D eigenvalue weighted by atomic mass is 35.5. The van der Waals surface area contributed by atoms with Crippen molar-refractivity contribution in [1.29, 1.82) is 0 Å². The lowest BCUT2D eigenvalue weighted by atomic mass is 10.1. The van der Waals surface area contributed by atoms with Crippen LogP contribution in [0, 0.1) is 0 Å². The number of amides is 1. The molecule has 0 fully saturated rings. The van der Waals surface area contributed by atoms with Gasteiger partial charge in [-0.3, -0.25) is 4.79 Å². The van der Waals surface area contributed by atoms with Crippen LogP contribution in [0.15, 0.2) is 103 Å². The first kappa shape index (κ1) is 25.7. The lowest BCUT2D eigenvalue weighted by Gasteiger charge is -2.26. The number of nitrogens with zero attached hydrogens (tertiary/aromatic N) is 3. The lowest BCUT2D eigenvalue weighted by Crippen LogP contribution is -2.31. The van der Waals surface area contributed by atoms with E-state index in [1.807, 2.05) is 91.0 Å². The molecule has 0 radical (unpaired) electrons. The summed E-state index contributed by atoms with van der Waals surface area (Å²) in [5.74, 6) is 1.19. The molecule has 4 aromatic carbocycles. The first-order valence-electron chi connectivity index (χ1n) is 12.4. The first-order chi connectivity index (χ1) is 18.6. The van der Waals surface area contributed by atoms with Crippen molar-refractivity contribution >= 4 is 51.5 Å². The third-order valence-corrected chi connectivity index (χ3v) is 6.80. The van der Waals surface area contributed by atoms with Gasteiger partial charge < -0.3 is 10.2 Å². The second-order valence-electron chi connectivity index (χ2n) is 8.90. The van der Waals surface area contributed by atoms with E-state index in [2.05, 4.69) is 22.3 Å². The molecule has 38 heavy (non-hydrogen) atoms. The minimum Gasteiger partial charge on any atom is -0.355 e. The minimum atomic E-state index is -0.0614. The Morgan fingerprint density at radius 3 is 2.26 bits per heavy atom. The number of benzene rings is 4. The number of fused-ring (bicyclic) bond motifs is 1. The van der Waals surface area contributed by atoms with E-state index in [1.165, 1.54) is 5.56 Å². The maximum Gasteiger partial charge on any atom is 0.226 e. The van der Waals surface area contributed by atoms with Crippen molar-refractivity contribution in [1.82, 2.24) is 9.97 Å². The summed E-state index contributed by atoms with van der Waals surface area (Å²) < 4.78 is 0. The minimum absolute atomic E-state index is 0.0614. The molecule has 5 nitrogen and oxygen atoms in total. The molecule has 5 aromatic rings. The maximum absolute atomic E-state index is 12.9. The number of halogens is 2. The average molecular weight is 541 g/mol. The molecule has 0 saturated carbocycles. The molecule has 1 aromatic heterocycles. The van der Waals surface area contributed by atoms with Gasteiger partial charge in [0, 0.05) is 41.2 Å². The van der Waals surface area contributed by atoms with Crippen LogP contribution in [0.3, 0.4) is 0 Å². The van der Waals surface area contributed by atoms with E-state index >= 15 is 0 Å². The Labute approximate surface area is 232 Å². The maximum atomic E-state index is 12.9. The number of hydrogen-bond acceptors (Lipinski definition) is 4. The quantitative estimate of drug-likeness (QED) is 0.208. The zero-order valence-corrected chi connectivity index (χ0v) is 22.2. The summed E-state index contributed by atoms with van der Waals surface area (Å²) in [5, 5.41) is 5.00. The van der Waals surface area contributed by atoms with Crippen LogP contribution in [0.2, 0.25) is 10.0 Å². The van der Waals surface area contributed by atoms with Crippen molar-refractivity contribution in [3.63, 3.8) is 0 Å². The van der Waals surface area contributed by atoms with Gasteiger partial charge >= 0.3 is 0 Å². The molecule has 5 rings (SSSR count). The number of aromatic nitrogens is 2. The Hall–Kier alpha value is -3.93. The summed E-state index contributed by atoms with van der Waals surface area (Å²) in [5.41, 5.74) is 3.44. The summed E-state index contributed by atoms with van der Waals surface area (Å²) in [6, 6.07) is 32.9. The van der Waals surface area contributed by atoms with Crippen LogP contribution in [-0.4, -0.2) is 29.0 Å². The fourth-order valence-corrected chi connectivity index (χ4v) is 4.69. The van der Waals surface area contributed by atoms with Gasteiger partial charge in [0.15, 0.2) is 5.82 Å².